The summed E-state index contributed by atoms with van der Waals surface area (Å²) in [7, 11) is -3.88. The van der Waals surface area contributed by atoms with E-state index >= 15 is 0 Å². The standard InChI is InChI=1S/C21H20ClN3O3S/c1-3-25(16-9-5-4-6-10-16)29(27,28)17-12-13-19(22)18(14-17)21(26)24-20-11-7-8-15(2)23-20/h4-14H,3H2,1-2H3,(H,23,24,26). The van der Waals surface area contributed by atoms with Gasteiger partial charge in [-0.25, -0.2) is 13.4 Å². The normalized spacial score (nSPS) is 11.1. The lowest BCUT2D eigenvalue weighted by molar-refractivity contribution is 0.102. The van der Waals surface area contributed by atoms with Gasteiger partial charge in [-0.05, 0) is 56.3 Å². The Kier molecular flexibility index (Phi) is 6.20. The van der Waals surface area contributed by atoms with Gasteiger partial charge in [0.25, 0.3) is 15.9 Å². The topological polar surface area (TPSA) is 79.4 Å². The first-order valence-electron chi connectivity index (χ1n) is 8.95. The quantitative estimate of drug-likeness (QED) is 0.625. The summed E-state index contributed by atoms with van der Waals surface area (Å²) < 4.78 is 27.7. The molecule has 0 aliphatic carbocycles. The second-order valence-electron chi connectivity index (χ2n) is 6.27. The van der Waals surface area contributed by atoms with E-state index in [0.717, 1.165) is 5.69 Å². The number of para-hydroxylation sites is 1. The Morgan fingerprint density at radius 1 is 1.07 bits per heavy atom. The number of nitrogens with zero attached hydrogens (tertiary/aromatic N) is 2. The molecule has 0 spiro atoms. The van der Waals surface area contributed by atoms with Gasteiger partial charge >= 0.3 is 0 Å². The van der Waals surface area contributed by atoms with Crippen molar-refractivity contribution in [3.05, 3.63) is 83.0 Å². The summed E-state index contributed by atoms with van der Waals surface area (Å²) >= 11 is 6.18. The lowest BCUT2D eigenvalue weighted by Crippen LogP contribution is -2.31. The van der Waals surface area contributed by atoms with Gasteiger partial charge in [0.15, 0.2) is 0 Å². The number of carbonyl (C=O) groups is 1. The van der Waals surface area contributed by atoms with Crippen LogP contribution in [0.3, 0.4) is 0 Å². The summed E-state index contributed by atoms with van der Waals surface area (Å²) in [5.41, 5.74) is 1.34. The van der Waals surface area contributed by atoms with Crippen molar-refractivity contribution in [2.75, 3.05) is 16.2 Å². The van der Waals surface area contributed by atoms with E-state index in [1.165, 1.54) is 22.5 Å². The van der Waals surface area contributed by atoms with E-state index in [9.17, 15) is 13.2 Å². The predicted molar refractivity (Wildman–Crippen MR) is 115 cm³/mol. The van der Waals surface area contributed by atoms with Crippen LogP contribution in [0.4, 0.5) is 11.5 Å². The molecule has 0 bridgehead atoms. The number of hydrogen-bond donors (Lipinski definition) is 1. The number of benzene rings is 2. The molecule has 0 unspecified atom stereocenters. The Labute approximate surface area is 175 Å². The maximum Gasteiger partial charge on any atom is 0.264 e. The lowest BCUT2D eigenvalue weighted by Gasteiger charge is -2.23. The Bertz CT molecular complexity index is 1130. The van der Waals surface area contributed by atoms with Crippen molar-refractivity contribution in [3.8, 4) is 0 Å². The SMILES string of the molecule is CCN(c1ccccc1)S(=O)(=O)c1ccc(Cl)c(C(=O)Nc2cccc(C)n2)c1. The van der Waals surface area contributed by atoms with Crippen LogP contribution in [0.5, 0.6) is 0 Å². The van der Waals surface area contributed by atoms with Crippen molar-refractivity contribution < 1.29 is 13.2 Å². The molecule has 6 nitrogen and oxygen atoms in total. The highest BCUT2D eigenvalue weighted by atomic mass is 35.5. The van der Waals surface area contributed by atoms with Crippen molar-refractivity contribution in [1.29, 1.82) is 0 Å². The Morgan fingerprint density at radius 2 is 1.79 bits per heavy atom. The van der Waals surface area contributed by atoms with Gasteiger partial charge < -0.3 is 5.32 Å². The minimum atomic E-state index is -3.88. The molecule has 150 valence electrons. The predicted octanol–water partition coefficient (Wildman–Crippen LogP) is 4.51. The fourth-order valence-electron chi connectivity index (χ4n) is 2.85. The van der Waals surface area contributed by atoms with Crippen LogP contribution in [0.15, 0.2) is 71.6 Å². The summed E-state index contributed by atoms with van der Waals surface area (Å²) in [5.74, 6) is -0.174. The first-order valence-corrected chi connectivity index (χ1v) is 10.8. The molecular weight excluding hydrogens is 410 g/mol. The molecule has 0 radical (unpaired) electrons. The van der Waals surface area contributed by atoms with Gasteiger partial charge in [0.2, 0.25) is 0 Å². The third-order valence-corrected chi connectivity index (χ3v) is 6.46. The molecule has 2 aromatic carbocycles. The number of nitrogens with one attached hydrogen (secondary N) is 1. The second-order valence-corrected chi connectivity index (χ2v) is 8.53. The number of pyridine rings is 1. The van der Waals surface area contributed by atoms with E-state index in [1.54, 1.807) is 56.3 Å². The molecule has 1 aromatic heterocycles. The number of rotatable bonds is 6. The summed E-state index contributed by atoms with van der Waals surface area (Å²) in [4.78, 5) is 16.9. The van der Waals surface area contributed by atoms with Crippen LogP contribution in [0.2, 0.25) is 5.02 Å². The van der Waals surface area contributed by atoms with Gasteiger partial charge in [0.1, 0.15) is 5.82 Å². The average molecular weight is 430 g/mol. The summed E-state index contributed by atoms with van der Waals surface area (Å²) in [5, 5.41) is 2.80. The zero-order chi connectivity index (χ0) is 21.0. The fraction of sp³-hybridized carbons (Fsp3) is 0.143. The maximum atomic E-state index is 13.2. The minimum absolute atomic E-state index is 0.0186. The Morgan fingerprint density at radius 3 is 2.45 bits per heavy atom. The lowest BCUT2D eigenvalue weighted by atomic mass is 10.2. The number of carbonyl (C=O) groups excluding carboxylic acids is 1. The molecule has 8 heteroatoms. The van der Waals surface area contributed by atoms with E-state index in [4.69, 9.17) is 11.6 Å². The average Bonchev–Trinajstić information content (AvgIpc) is 2.69. The van der Waals surface area contributed by atoms with Gasteiger partial charge in [0.05, 0.1) is 21.2 Å². The zero-order valence-electron chi connectivity index (χ0n) is 16.0. The van der Waals surface area contributed by atoms with Gasteiger partial charge in [-0.1, -0.05) is 35.9 Å². The third-order valence-electron chi connectivity index (χ3n) is 4.23. The number of hydrogen-bond acceptors (Lipinski definition) is 4. The molecular formula is C21H20ClN3O3S. The third kappa shape index (κ3) is 4.58. The van der Waals surface area contributed by atoms with Crippen molar-refractivity contribution >= 4 is 39.0 Å². The highest BCUT2D eigenvalue weighted by Gasteiger charge is 2.25. The van der Waals surface area contributed by atoms with Crippen molar-refractivity contribution in [1.82, 2.24) is 4.98 Å². The maximum absolute atomic E-state index is 13.2. The van der Waals surface area contributed by atoms with Crippen molar-refractivity contribution in [2.24, 2.45) is 0 Å². The summed E-state index contributed by atoms with van der Waals surface area (Å²) in [6, 6.07) is 18.1. The van der Waals surface area contributed by atoms with E-state index in [2.05, 4.69) is 10.3 Å². The van der Waals surface area contributed by atoms with Crippen LogP contribution in [0.25, 0.3) is 0 Å². The number of sulfonamides is 1. The number of aromatic nitrogens is 1. The molecule has 0 fully saturated rings. The molecule has 0 saturated heterocycles. The number of amides is 1. The Balaban J connectivity index is 1.96. The van der Waals surface area contributed by atoms with E-state index in [-0.39, 0.29) is 22.0 Å². The minimum Gasteiger partial charge on any atom is -0.307 e. The molecule has 0 aliphatic rings. The first-order chi connectivity index (χ1) is 13.8. The molecule has 29 heavy (non-hydrogen) atoms. The van der Waals surface area contributed by atoms with Gasteiger partial charge in [-0.15, -0.1) is 0 Å². The summed E-state index contributed by atoms with van der Waals surface area (Å²) in [6.45, 7) is 3.79. The van der Waals surface area contributed by atoms with E-state index in [0.29, 0.717) is 11.5 Å². The molecule has 0 saturated carbocycles. The summed E-state index contributed by atoms with van der Waals surface area (Å²) in [6.07, 6.45) is 0. The number of aryl methyl sites for hydroxylation is 1. The fourth-order valence-corrected chi connectivity index (χ4v) is 4.55. The van der Waals surface area contributed by atoms with E-state index in [1.807, 2.05) is 6.07 Å². The van der Waals surface area contributed by atoms with Crippen molar-refractivity contribution in [2.45, 2.75) is 18.7 Å². The van der Waals surface area contributed by atoms with Gasteiger partial charge in [0, 0.05) is 12.2 Å². The van der Waals surface area contributed by atoms with Crippen molar-refractivity contribution in [3.63, 3.8) is 0 Å². The van der Waals surface area contributed by atoms with Crippen LogP contribution in [-0.2, 0) is 10.0 Å². The molecule has 1 heterocycles. The Hall–Kier alpha value is -2.90. The van der Waals surface area contributed by atoms with Crippen LogP contribution >= 0.6 is 11.6 Å². The largest absolute Gasteiger partial charge is 0.307 e. The first kappa shape index (κ1) is 20.8. The second kappa shape index (κ2) is 8.63. The molecule has 0 aliphatic heterocycles. The number of anilines is 2. The van der Waals surface area contributed by atoms with Crippen LogP contribution in [0, 0.1) is 6.92 Å². The van der Waals surface area contributed by atoms with E-state index < -0.39 is 15.9 Å². The number of halogens is 1. The van der Waals surface area contributed by atoms with Crippen LogP contribution in [0.1, 0.15) is 23.0 Å². The smallest absolute Gasteiger partial charge is 0.264 e. The molecule has 3 rings (SSSR count). The van der Waals surface area contributed by atoms with Crippen LogP contribution in [-0.4, -0.2) is 25.9 Å². The molecule has 1 amide bonds. The highest BCUT2D eigenvalue weighted by molar-refractivity contribution is 7.92. The highest BCUT2D eigenvalue weighted by Crippen LogP contribution is 2.27. The molecule has 0 atom stereocenters. The molecule has 1 N–H and O–H groups in total. The molecule has 3 aromatic rings. The van der Waals surface area contributed by atoms with Gasteiger partial charge in [-0.2, -0.15) is 0 Å². The zero-order valence-corrected chi connectivity index (χ0v) is 17.5. The van der Waals surface area contributed by atoms with Crippen LogP contribution < -0.4 is 9.62 Å². The monoisotopic (exact) mass is 429 g/mol. The van der Waals surface area contributed by atoms with Gasteiger partial charge in [-0.3, -0.25) is 9.10 Å².